The van der Waals surface area contributed by atoms with Crippen molar-refractivity contribution >= 4 is 5.69 Å². The lowest BCUT2D eigenvalue weighted by Gasteiger charge is -2.13. The van der Waals surface area contributed by atoms with Crippen molar-refractivity contribution < 1.29 is 17.9 Å². The number of nitriles is 1. The molecule has 0 aliphatic heterocycles. The van der Waals surface area contributed by atoms with Gasteiger partial charge in [-0.3, -0.25) is 0 Å². The Hall–Kier alpha value is -2.01. The van der Waals surface area contributed by atoms with E-state index in [1.807, 2.05) is 0 Å². The van der Waals surface area contributed by atoms with Crippen molar-refractivity contribution in [3.63, 3.8) is 0 Å². The van der Waals surface area contributed by atoms with Gasteiger partial charge in [-0.25, -0.2) is 4.98 Å². The zero-order valence-electron chi connectivity index (χ0n) is 7.88. The number of hydrogen-bond acceptors (Lipinski definition) is 5. The first-order chi connectivity index (χ1) is 7.39. The lowest BCUT2D eigenvalue weighted by Crippen LogP contribution is -2.19. The summed E-state index contributed by atoms with van der Waals surface area (Å²) in [4.78, 5) is 3.47. The van der Waals surface area contributed by atoms with Gasteiger partial charge in [-0.15, -0.1) is 13.2 Å². The minimum absolute atomic E-state index is 0.0317. The van der Waals surface area contributed by atoms with Gasteiger partial charge in [-0.05, 0) is 0 Å². The van der Waals surface area contributed by atoms with Crippen LogP contribution in [0.15, 0.2) is 6.20 Å². The van der Waals surface area contributed by atoms with Crippen LogP contribution in [0.4, 0.5) is 18.9 Å². The first-order valence-corrected chi connectivity index (χ1v) is 4.02. The number of hydrogen-bond donors (Lipinski definition) is 2. The molecule has 0 saturated carbocycles. The van der Waals surface area contributed by atoms with Crippen LogP contribution in [0, 0.1) is 11.3 Å². The Morgan fingerprint density at radius 1 is 1.50 bits per heavy atom. The molecule has 1 heterocycles. The predicted molar refractivity (Wildman–Crippen MR) is 47.9 cm³/mol. The standard InChI is InChI=1S/C8H7F3N4O/c9-8(10,11)16-6-3-15-5(2-13)4(1-12)7(6)14/h3H,1,12H2,(H2,14,15). The van der Waals surface area contributed by atoms with Gasteiger partial charge in [0.25, 0.3) is 0 Å². The highest BCUT2D eigenvalue weighted by Gasteiger charge is 2.32. The fraction of sp³-hybridized carbons (Fsp3) is 0.250. The summed E-state index contributed by atoms with van der Waals surface area (Å²) in [7, 11) is 0. The van der Waals surface area contributed by atoms with Crippen molar-refractivity contribution in [3.8, 4) is 11.8 Å². The van der Waals surface area contributed by atoms with E-state index in [9.17, 15) is 13.2 Å². The number of pyridine rings is 1. The number of alkyl halides is 3. The third-order valence-electron chi connectivity index (χ3n) is 1.72. The molecule has 4 N–H and O–H groups in total. The first kappa shape index (κ1) is 12.1. The van der Waals surface area contributed by atoms with Gasteiger partial charge in [-0.2, -0.15) is 5.26 Å². The van der Waals surface area contributed by atoms with Crippen LogP contribution in [0.3, 0.4) is 0 Å². The SMILES string of the molecule is N#Cc1ncc(OC(F)(F)F)c(N)c1CN. The molecule has 0 aliphatic rings. The molecule has 8 heteroatoms. The fourth-order valence-electron chi connectivity index (χ4n) is 1.06. The molecular formula is C8H7F3N4O. The number of rotatable bonds is 2. The van der Waals surface area contributed by atoms with Crippen molar-refractivity contribution in [2.24, 2.45) is 5.73 Å². The van der Waals surface area contributed by atoms with Crippen molar-refractivity contribution in [3.05, 3.63) is 17.5 Å². The maximum Gasteiger partial charge on any atom is 0.573 e. The Morgan fingerprint density at radius 2 is 2.12 bits per heavy atom. The van der Waals surface area contributed by atoms with Crippen molar-refractivity contribution in [2.75, 3.05) is 5.73 Å². The Bertz CT molecular complexity index is 438. The molecule has 86 valence electrons. The van der Waals surface area contributed by atoms with E-state index >= 15 is 0 Å². The van der Waals surface area contributed by atoms with E-state index in [4.69, 9.17) is 16.7 Å². The largest absolute Gasteiger partial charge is 0.573 e. The summed E-state index contributed by atoms with van der Waals surface area (Å²) in [5, 5.41) is 8.61. The summed E-state index contributed by atoms with van der Waals surface area (Å²) in [6, 6.07) is 1.67. The van der Waals surface area contributed by atoms with E-state index in [0.29, 0.717) is 0 Å². The van der Waals surface area contributed by atoms with Crippen LogP contribution in [0.2, 0.25) is 0 Å². The van der Waals surface area contributed by atoms with Crippen molar-refractivity contribution in [2.45, 2.75) is 12.9 Å². The molecule has 0 fully saturated rings. The highest BCUT2D eigenvalue weighted by molar-refractivity contribution is 5.61. The fourth-order valence-corrected chi connectivity index (χ4v) is 1.06. The number of aromatic nitrogens is 1. The molecule has 5 nitrogen and oxygen atoms in total. The molecule has 0 atom stereocenters. The van der Waals surface area contributed by atoms with Crippen LogP contribution in [-0.4, -0.2) is 11.3 Å². The van der Waals surface area contributed by atoms with Crippen LogP contribution in [0.5, 0.6) is 5.75 Å². The van der Waals surface area contributed by atoms with E-state index in [1.165, 1.54) is 0 Å². The lowest BCUT2D eigenvalue weighted by atomic mass is 10.1. The van der Waals surface area contributed by atoms with Gasteiger partial charge in [0.1, 0.15) is 11.8 Å². The van der Waals surface area contributed by atoms with Gasteiger partial charge < -0.3 is 16.2 Å². The van der Waals surface area contributed by atoms with Gasteiger partial charge in [0.2, 0.25) is 0 Å². The van der Waals surface area contributed by atoms with Gasteiger partial charge in [-0.1, -0.05) is 0 Å². The highest BCUT2D eigenvalue weighted by atomic mass is 19.4. The average molecular weight is 232 g/mol. The van der Waals surface area contributed by atoms with Crippen LogP contribution >= 0.6 is 0 Å². The first-order valence-electron chi connectivity index (χ1n) is 4.02. The van der Waals surface area contributed by atoms with Gasteiger partial charge in [0.15, 0.2) is 5.75 Å². The summed E-state index contributed by atoms with van der Waals surface area (Å²) in [6.07, 6.45) is -4.13. The minimum Gasteiger partial charge on any atom is -0.402 e. The lowest BCUT2D eigenvalue weighted by molar-refractivity contribution is -0.274. The average Bonchev–Trinajstić information content (AvgIpc) is 2.19. The molecule has 0 aliphatic carbocycles. The molecule has 0 amide bonds. The summed E-state index contributed by atoms with van der Waals surface area (Å²) < 4.78 is 39.4. The van der Waals surface area contributed by atoms with E-state index in [2.05, 4.69) is 9.72 Å². The molecule has 0 unspecified atom stereocenters. The quantitative estimate of drug-likeness (QED) is 0.789. The smallest absolute Gasteiger partial charge is 0.402 e. The third-order valence-corrected chi connectivity index (χ3v) is 1.72. The summed E-state index contributed by atoms with van der Waals surface area (Å²) >= 11 is 0. The molecule has 0 radical (unpaired) electrons. The van der Waals surface area contributed by atoms with E-state index in [-0.39, 0.29) is 23.5 Å². The summed E-state index contributed by atoms with van der Waals surface area (Å²) in [5.41, 5.74) is 10.2. The summed E-state index contributed by atoms with van der Waals surface area (Å²) in [6.45, 7) is -0.198. The van der Waals surface area contributed by atoms with Crippen LogP contribution in [0.25, 0.3) is 0 Å². The molecule has 1 aromatic rings. The number of ether oxygens (including phenoxy) is 1. The van der Waals surface area contributed by atoms with Gasteiger partial charge >= 0.3 is 6.36 Å². The van der Waals surface area contributed by atoms with Crippen molar-refractivity contribution in [1.29, 1.82) is 5.26 Å². The maximum atomic E-state index is 11.9. The number of anilines is 1. The molecule has 0 saturated heterocycles. The second-order valence-electron chi connectivity index (χ2n) is 2.73. The number of nitrogens with zero attached hydrogens (tertiary/aromatic N) is 2. The molecule has 1 aromatic heterocycles. The number of nitrogen functional groups attached to an aromatic ring is 1. The third kappa shape index (κ3) is 2.52. The molecular weight excluding hydrogens is 225 g/mol. The Labute approximate surface area is 88.4 Å². The van der Waals surface area contributed by atoms with E-state index in [0.717, 1.165) is 6.20 Å². The Kier molecular flexibility index (Phi) is 3.20. The highest BCUT2D eigenvalue weighted by Crippen LogP contribution is 2.30. The van der Waals surface area contributed by atoms with Crippen LogP contribution in [-0.2, 0) is 6.54 Å². The molecule has 0 spiro atoms. The predicted octanol–water partition coefficient (Wildman–Crippen LogP) is 0.893. The molecule has 1 rings (SSSR count). The minimum atomic E-state index is -4.87. The summed E-state index contributed by atoms with van der Waals surface area (Å²) in [5.74, 6) is -0.660. The van der Waals surface area contributed by atoms with E-state index in [1.54, 1.807) is 6.07 Å². The Morgan fingerprint density at radius 3 is 2.56 bits per heavy atom. The van der Waals surface area contributed by atoms with E-state index < -0.39 is 12.1 Å². The molecule has 0 bridgehead atoms. The zero-order chi connectivity index (χ0) is 12.3. The Balaban J connectivity index is 3.20. The van der Waals surface area contributed by atoms with Crippen molar-refractivity contribution in [1.82, 2.24) is 4.98 Å². The topological polar surface area (TPSA) is 97.9 Å². The second kappa shape index (κ2) is 4.24. The maximum absolute atomic E-state index is 11.9. The van der Waals surface area contributed by atoms with Gasteiger partial charge in [0.05, 0.1) is 11.9 Å². The van der Waals surface area contributed by atoms with Gasteiger partial charge in [0, 0.05) is 12.1 Å². The zero-order valence-corrected chi connectivity index (χ0v) is 7.88. The normalized spacial score (nSPS) is 10.9. The van der Waals surface area contributed by atoms with Crippen LogP contribution in [0.1, 0.15) is 11.3 Å². The molecule has 16 heavy (non-hydrogen) atoms. The van der Waals surface area contributed by atoms with Crippen LogP contribution < -0.4 is 16.2 Å². The number of nitrogens with two attached hydrogens (primary N) is 2. The molecule has 0 aromatic carbocycles. The number of halogens is 3. The monoisotopic (exact) mass is 232 g/mol. The second-order valence-corrected chi connectivity index (χ2v) is 2.73.